The summed E-state index contributed by atoms with van der Waals surface area (Å²) in [6, 6.07) is 7.93. The Bertz CT molecular complexity index is 961. The molecule has 2 saturated heterocycles. The zero-order chi connectivity index (χ0) is 22.1. The van der Waals surface area contributed by atoms with E-state index in [1.807, 2.05) is 36.1 Å². The van der Waals surface area contributed by atoms with Crippen molar-refractivity contribution in [3.05, 3.63) is 34.8 Å². The number of amides is 2. The Hall–Kier alpha value is -2.48. The third-order valence-corrected chi connectivity index (χ3v) is 8.21. The van der Waals surface area contributed by atoms with E-state index in [0.717, 1.165) is 29.5 Å². The summed E-state index contributed by atoms with van der Waals surface area (Å²) in [7, 11) is 0. The largest absolute Gasteiger partial charge is 0.343 e. The van der Waals surface area contributed by atoms with E-state index in [4.69, 9.17) is 0 Å². The van der Waals surface area contributed by atoms with Gasteiger partial charge in [0.25, 0.3) is 0 Å². The molecule has 1 saturated carbocycles. The van der Waals surface area contributed by atoms with Gasteiger partial charge in [-0.1, -0.05) is 48.3 Å². The first kappa shape index (κ1) is 21.4. The molecule has 7 nitrogen and oxygen atoms in total. The lowest BCUT2D eigenvalue weighted by Gasteiger charge is -2.35. The minimum Gasteiger partial charge on any atom is -0.343 e. The Labute approximate surface area is 193 Å². The SMILES string of the molecule is Cc1ccc(N2CC(C(=O)N3CCN(c4nnc(C5CCCCC5)s4)CC3)CC2=O)cc1. The highest BCUT2D eigenvalue weighted by Crippen LogP contribution is 2.36. The molecule has 5 rings (SSSR count). The smallest absolute Gasteiger partial charge is 0.228 e. The molecular weight excluding hydrogens is 422 g/mol. The number of aromatic nitrogens is 2. The van der Waals surface area contributed by atoms with E-state index in [-0.39, 0.29) is 17.7 Å². The van der Waals surface area contributed by atoms with Gasteiger partial charge in [-0.05, 0) is 31.9 Å². The maximum Gasteiger partial charge on any atom is 0.228 e. The Kier molecular flexibility index (Phi) is 6.13. The summed E-state index contributed by atoms with van der Waals surface area (Å²) in [6.45, 7) is 5.39. The molecule has 2 aromatic rings. The molecule has 3 fully saturated rings. The van der Waals surface area contributed by atoms with Crippen LogP contribution in [0.15, 0.2) is 24.3 Å². The summed E-state index contributed by atoms with van der Waals surface area (Å²) in [4.78, 5) is 31.6. The van der Waals surface area contributed by atoms with Crippen molar-refractivity contribution >= 4 is 34.0 Å². The highest BCUT2D eigenvalue weighted by Gasteiger charge is 2.38. The fourth-order valence-corrected chi connectivity index (χ4v) is 6.16. The van der Waals surface area contributed by atoms with Gasteiger partial charge in [0.05, 0.1) is 5.92 Å². The van der Waals surface area contributed by atoms with Crippen LogP contribution in [0, 0.1) is 12.8 Å². The van der Waals surface area contributed by atoms with Gasteiger partial charge in [0, 0.05) is 50.7 Å². The Morgan fingerprint density at radius 2 is 1.72 bits per heavy atom. The monoisotopic (exact) mass is 453 g/mol. The molecule has 1 aliphatic carbocycles. The summed E-state index contributed by atoms with van der Waals surface area (Å²) in [6.07, 6.45) is 6.70. The van der Waals surface area contributed by atoms with Gasteiger partial charge in [0.15, 0.2) is 0 Å². The molecule has 2 aliphatic heterocycles. The predicted molar refractivity (Wildman–Crippen MR) is 126 cm³/mol. The zero-order valence-corrected chi connectivity index (χ0v) is 19.5. The Morgan fingerprint density at radius 1 is 1.00 bits per heavy atom. The molecule has 3 aliphatic rings. The van der Waals surface area contributed by atoms with Crippen LogP contribution in [-0.4, -0.2) is 59.6 Å². The van der Waals surface area contributed by atoms with E-state index < -0.39 is 0 Å². The van der Waals surface area contributed by atoms with Crippen LogP contribution < -0.4 is 9.80 Å². The van der Waals surface area contributed by atoms with E-state index in [9.17, 15) is 9.59 Å². The predicted octanol–water partition coefficient (Wildman–Crippen LogP) is 3.60. The van der Waals surface area contributed by atoms with Crippen molar-refractivity contribution in [2.24, 2.45) is 5.92 Å². The number of carbonyl (C=O) groups excluding carboxylic acids is 2. The van der Waals surface area contributed by atoms with Crippen LogP contribution >= 0.6 is 11.3 Å². The standard InChI is InChI=1S/C24H31N5O2S/c1-17-7-9-20(10-8-17)29-16-19(15-21(29)30)23(31)27-11-13-28(14-12-27)24-26-25-22(32-24)18-5-3-2-4-6-18/h7-10,18-19H,2-6,11-16H2,1H3. The van der Waals surface area contributed by atoms with Crippen molar-refractivity contribution in [3.63, 3.8) is 0 Å². The van der Waals surface area contributed by atoms with Crippen molar-refractivity contribution in [2.75, 3.05) is 42.5 Å². The third-order valence-electron chi connectivity index (χ3n) is 7.07. The van der Waals surface area contributed by atoms with Gasteiger partial charge in [-0.2, -0.15) is 0 Å². The molecule has 32 heavy (non-hydrogen) atoms. The summed E-state index contributed by atoms with van der Waals surface area (Å²) < 4.78 is 0. The van der Waals surface area contributed by atoms with Crippen LogP contribution in [0.4, 0.5) is 10.8 Å². The van der Waals surface area contributed by atoms with Gasteiger partial charge in [0.1, 0.15) is 5.01 Å². The van der Waals surface area contributed by atoms with Crippen LogP contribution in [-0.2, 0) is 9.59 Å². The van der Waals surface area contributed by atoms with E-state index in [2.05, 4.69) is 15.1 Å². The van der Waals surface area contributed by atoms with Crippen LogP contribution in [0.3, 0.4) is 0 Å². The summed E-state index contributed by atoms with van der Waals surface area (Å²) >= 11 is 1.73. The quantitative estimate of drug-likeness (QED) is 0.708. The molecule has 1 unspecified atom stereocenters. The highest BCUT2D eigenvalue weighted by molar-refractivity contribution is 7.15. The number of anilines is 2. The first-order valence-corrected chi connectivity index (χ1v) is 12.6. The second-order valence-corrected chi connectivity index (χ2v) is 10.3. The average Bonchev–Trinajstić information content (AvgIpc) is 3.47. The third kappa shape index (κ3) is 4.37. The zero-order valence-electron chi connectivity index (χ0n) is 18.7. The Morgan fingerprint density at radius 3 is 2.44 bits per heavy atom. The lowest BCUT2D eigenvalue weighted by Crippen LogP contribution is -2.50. The number of aryl methyl sites for hydroxylation is 1. The summed E-state index contributed by atoms with van der Waals surface area (Å²) in [5.74, 6) is 0.465. The summed E-state index contributed by atoms with van der Waals surface area (Å²) in [5, 5.41) is 11.1. The number of piperazine rings is 1. The molecule has 170 valence electrons. The second kappa shape index (κ2) is 9.17. The minimum absolute atomic E-state index is 0.0370. The number of rotatable bonds is 4. The van der Waals surface area contributed by atoms with Gasteiger partial charge in [-0.3, -0.25) is 9.59 Å². The van der Waals surface area contributed by atoms with Crippen LogP contribution in [0.25, 0.3) is 0 Å². The van der Waals surface area contributed by atoms with E-state index in [1.165, 1.54) is 37.1 Å². The van der Waals surface area contributed by atoms with E-state index in [1.54, 1.807) is 16.2 Å². The fraction of sp³-hybridized carbons (Fsp3) is 0.583. The first-order chi connectivity index (χ1) is 15.6. The summed E-state index contributed by atoms with van der Waals surface area (Å²) in [5.41, 5.74) is 2.04. The molecule has 1 aromatic carbocycles. The van der Waals surface area contributed by atoms with Crippen molar-refractivity contribution in [1.82, 2.24) is 15.1 Å². The Balaban J connectivity index is 1.16. The molecule has 1 atom stereocenters. The lowest BCUT2D eigenvalue weighted by atomic mass is 9.90. The maximum absolute atomic E-state index is 13.1. The maximum atomic E-state index is 13.1. The van der Waals surface area contributed by atoms with E-state index in [0.29, 0.717) is 32.0 Å². The molecular formula is C24H31N5O2S. The van der Waals surface area contributed by atoms with Crippen LogP contribution in [0.5, 0.6) is 0 Å². The molecule has 1 aromatic heterocycles. The molecule has 2 amide bonds. The van der Waals surface area contributed by atoms with Gasteiger partial charge >= 0.3 is 0 Å². The molecule has 0 N–H and O–H groups in total. The van der Waals surface area contributed by atoms with Crippen molar-refractivity contribution in [3.8, 4) is 0 Å². The minimum atomic E-state index is -0.255. The van der Waals surface area contributed by atoms with Crippen molar-refractivity contribution < 1.29 is 9.59 Å². The molecule has 0 spiro atoms. The van der Waals surface area contributed by atoms with Gasteiger partial charge < -0.3 is 14.7 Å². The molecule has 8 heteroatoms. The molecule has 0 bridgehead atoms. The van der Waals surface area contributed by atoms with Gasteiger partial charge in [-0.25, -0.2) is 0 Å². The van der Waals surface area contributed by atoms with E-state index >= 15 is 0 Å². The number of benzene rings is 1. The molecule has 0 radical (unpaired) electrons. The van der Waals surface area contributed by atoms with Crippen LogP contribution in [0.1, 0.15) is 55.0 Å². The number of hydrogen-bond donors (Lipinski definition) is 0. The van der Waals surface area contributed by atoms with Gasteiger partial charge in [-0.15, -0.1) is 10.2 Å². The highest BCUT2D eigenvalue weighted by atomic mass is 32.1. The normalized spacial score (nSPS) is 22.6. The number of nitrogens with zero attached hydrogens (tertiary/aromatic N) is 5. The van der Waals surface area contributed by atoms with Crippen molar-refractivity contribution in [1.29, 1.82) is 0 Å². The fourth-order valence-electron chi connectivity index (χ4n) is 5.09. The number of hydrogen-bond acceptors (Lipinski definition) is 6. The van der Waals surface area contributed by atoms with Crippen molar-refractivity contribution in [2.45, 2.75) is 51.4 Å². The average molecular weight is 454 g/mol. The molecule has 3 heterocycles. The van der Waals surface area contributed by atoms with Gasteiger partial charge in [0.2, 0.25) is 16.9 Å². The number of carbonyl (C=O) groups is 2. The lowest BCUT2D eigenvalue weighted by molar-refractivity contribution is -0.136. The topological polar surface area (TPSA) is 69.6 Å². The first-order valence-electron chi connectivity index (χ1n) is 11.8. The second-order valence-electron chi connectivity index (χ2n) is 9.31. The van der Waals surface area contributed by atoms with Crippen LogP contribution in [0.2, 0.25) is 0 Å².